The van der Waals surface area contributed by atoms with Crippen LogP contribution in [-0.2, 0) is 0 Å². The molecule has 76 valence electrons. The van der Waals surface area contributed by atoms with Crippen molar-refractivity contribution in [1.82, 2.24) is 9.97 Å². The van der Waals surface area contributed by atoms with E-state index in [1.165, 1.54) is 0 Å². The highest BCUT2D eigenvalue weighted by molar-refractivity contribution is 5.75. The van der Waals surface area contributed by atoms with Gasteiger partial charge in [-0.25, -0.2) is 9.97 Å². The second-order valence-corrected chi connectivity index (χ2v) is 4.26. The summed E-state index contributed by atoms with van der Waals surface area (Å²) in [6.45, 7) is 4.36. The third kappa shape index (κ3) is 2.40. The summed E-state index contributed by atoms with van der Waals surface area (Å²) in [5.41, 5.74) is 2.32. The molecule has 2 rings (SSSR count). The SMILES string of the molecule is CC1(C)C=CC=C(c2cncnc2)C=C1. The largest absolute Gasteiger partial charge is 0.244 e. The Labute approximate surface area is 90.1 Å². The van der Waals surface area contributed by atoms with Crippen LogP contribution in [0.2, 0.25) is 0 Å². The number of nitrogens with zero attached hydrogens (tertiary/aromatic N) is 2. The summed E-state index contributed by atoms with van der Waals surface area (Å²) in [5, 5.41) is 0. The molecule has 0 saturated carbocycles. The molecule has 1 aromatic heterocycles. The first-order chi connectivity index (χ1) is 7.17. The lowest BCUT2D eigenvalue weighted by molar-refractivity contribution is 0.627. The Bertz CT molecular complexity index is 425. The fourth-order valence-electron chi connectivity index (χ4n) is 1.46. The van der Waals surface area contributed by atoms with E-state index >= 15 is 0 Å². The van der Waals surface area contributed by atoms with Crippen molar-refractivity contribution in [2.24, 2.45) is 5.41 Å². The van der Waals surface area contributed by atoms with E-state index in [-0.39, 0.29) is 5.41 Å². The highest BCUT2D eigenvalue weighted by Gasteiger charge is 2.10. The van der Waals surface area contributed by atoms with Crippen LogP contribution in [0.5, 0.6) is 0 Å². The predicted octanol–water partition coefficient (Wildman–Crippen LogP) is 3.01. The second-order valence-electron chi connectivity index (χ2n) is 4.26. The highest BCUT2D eigenvalue weighted by Crippen LogP contribution is 2.25. The zero-order chi connectivity index (χ0) is 10.7. The summed E-state index contributed by atoms with van der Waals surface area (Å²) in [6.07, 6.45) is 15.9. The van der Waals surface area contributed by atoms with E-state index in [1.54, 1.807) is 6.33 Å². The average molecular weight is 198 g/mol. The third-order valence-corrected chi connectivity index (χ3v) is 2.39. The van der Waals surface area contributed by atoms with Gasteiger partial charge in [0.1, 0.15) is 6.33 Å². The lowest BCUT2D eigenvalue weighted by atomic mass is 9.93. The highest BCUT2D eigenvalue weighted by atomic mass is 14.8. The first-order valence-corrected chi connectivity index (χ1v) is 5.01. The van der Waals surface area contributed by atoms with E-state index in [9.17, 15) is 0 Å². The molecule has 0 radical (unpaired) electrons. The summed E-state index contributed by atoms with van der Waals surface area (Å²) in [4.78, 5) is 8.03. The minimum atomic E-state index is 0.119. The van der Waals surface area contributed by atoms with Crippen molar-refractivity contribution >= 4 is 5.57 Å². The molecular weight excluding hydrogens is 184 g/mol. The Hall–Kier alpha value is -1.70. The Morgan fingerprint density at radius 2 is 1.80 bits per heavy atom. The van der Waals surface area contributed by atoms with Gasteiger partial charge in [-0.15, -0.1) is 0 Å². The summed E-state index contributed by atoms with van der Waals surface area (Å²) in [5.74, 6) is 0. The molecule has 0 unspecified atom stereocenters. The van der Waals surface area contributed by atoms with Gasteiger partial charge in [-0.1, -0.05) is 44.2 Å². The summed E-state index contributed by atoms with van der Waals surface area (Å²) in [7, 11) is 0. The van der Waals surface area contributed by atoms with Crippen molar-refractivity contribution in [3.63, 3.8) is 0 Å². The molecule has 0 spiro atoms. The number of rotatable bonds is 1. The third-order valence-electron chi connectivity index (χ3n) is 2.39. The van der Waals surface area contributed by atoms with E-state index in [0.717, 1.165) is 11.1 Å². The van der Waals surface area contributed by atoms with Crippen molar-refractivity contribution in [3.05, 3.63) is 54.7 Å². The average Bonchev–Trinajstić information content (AvgIpc) is 2.41. The van der Waals surface area contributed by atoms with Crippen molar-refractivity contribution in [1.29, 1.82) is 0 Å². The molecule has 0 bridgehead atoms. The smallest absolute Gasteiger partial charge is 0.115 e. The van der Waals surface area contributed by atoms with Crippen LogP contribution in [0.3, 0.4) is 0 Å². The van der Waals surface area contributed by atoms with Crippen LogP contribution < -0.4 is 0 Å². The molecule has 0 N–H and O–H groups in total. The molecule has 1 heterocycles. The van der Waals surface area contributed by atoms with Gasteiger partial charge in [0.05, 0.1) is 0 Å². The van der Waals surface area contributed by atoms with Crippen LogP contribution in [-0.4, -0.2) is 9.97 Å². The van der Waals surface area contributed by atoms with Crippen LogP contribution in [0.15, 0.2) is 49.1 Å². The first kappa shape index (κ1) is 9.84. The van der Waals surface area contributed by atoms with Gasteiger partial charge >= 0.3 is 0 Å². The normalized spacial score (nSPS) is 18.4. The Morgan fingerprint density at radius 1 is 1.07 bits per heavy atom. The van der Waals surface area contributed by atoms with Crippen molar-refractivity contribution in [2.75, 3.05) is 0 Å². The molecule has 1 aromatic rings. The van der Waals surface area contributed by atoms with E-state index in [0.29, 0.717) is 0 Å². The molecule has 15 heavy (non-hydrogen) atoms. The molecule has 0 atom stereocenters. The molecule has 0 amide bonds. The number of hydrogen-bond acceptors (Lipinski definition) is 2. The van der Waals surface area contributed by atoms with E-state index in [1.807, 2.05) is 12.4 Å². The van der Waals surface area contributed by atoms with Crippen molar-refractivity contribution in [2.45, 2.75) is 13.8 Å². The number of hydrogen-bond donors (Lipinski definition) is 0. The lowest BCUT2D eigenvalue weighted by Crippen LogP contribution is -2.00. The molecular formula is C13H14N2. The maximum absolute atomic E-state index is 4.02. The monoisotopic (exact) mass is 198 g/mol. The standard InChI is InChI=1S/C13H14N2/c1-13(2)6-3-4-11(5-7-13)12-8-14-10-15-9-12/h3-10H,1-2H3. The maximum Gasteiger partial charge on any atom is 0.115 e. The van der Waals surface area contributed by atoms with E-state index in [2.05, 4.69) is 54.2 Å². The summed E-state index contributed by atoms with van der Waals surface area (Å²) >= 11 is 0. The van der Waals surface area contributed by atoms with E-state index in [4.69, 9.17) is 0 Å². The topological polar surface area (TPSA) is 25.8 Å². The molecule has 0 aromatic carbocycles. The maximum atomic E-state index is 4.02. The molecule has 2 heteroatoms. The molecule has 0 fully saturated rings. The fourth-order valence-corrected chi connectivity index (χ4v) is 1.46. The van der Waals surface area contributed by atoms with Gasteiger partial charge in [0.25, 0.3) is 0 Å². The van der Waals surface area contributed by atoms with Gasteiger partial charge in [0.2, 0.25) is 0 Å². The lowest BCUT2D eigenvalue weighted by Gasteiger charge is -2.12. The summed E-state index contributed by atoms with van der Waals surface area (Å²) in [6, 6.07) is 0. The van der Waals surface area contributed by atoms with Crippen LogP contribution >= 0.6 is 0 Å². The summed E-state index contributed by atoms with van der Waals surface area (Å²) < 4.78 is 0. The van der Waals surface area contributed by atoms with Crippen LogP contribution in [0.25, 0.3) is 5.57 Å². The van der Waals surface area contributed by atoms with Gasteiger partial charge in [-0.05, 0) is 5.57 Å². The molecule has 1 aliphatic carbocycles. The number of allylic oxidation sites excluding steroid dienone is 6. The van der Waals surface area contributed by atoms with Gasteiger partial charge in [-0.3, -0.25) is 0 Å². The zero-order valence-electron chi connectivity index (χ0n) is 9.01. The van der Waals surface area contributed by atoms with Crippen LogP contribution in [0.4, 0.5) is 0 Å². The van der Waals surface area contributed by atoms with Crippen molar-refractivity contribution in [3.8, 4) is 0 Å². The first-order valence-electron chi connectivity index (χ1n) is 5.01. The van der Waals surface area contributed by atoms with Gasteiger partial charge in [0, 0.05) is 23.4 Å². The van der Waals surface area contributed by atoms with Crippen molar-refractivity contribution < 1.29 is 0 Å². The second kappa shape index (κ2) is 3.81. The van der Waals surface area contributed by atoms with Gasteiger partial charge in [0.15, 0.2) is 0 Å². The molecule has 0 saturated heterocycles. The molecule has 2 nitrogen and oxygen atoms in total. The Morgan fingerprint density at radius 3 is 2.53 bits per heavy atom. The van der Waals surface area contributed by atoms with Crippen LogP contribution in [0, 0.1) is 5.41 Å². The minimum absolute atomic E-state index is 0.119. The Balaban J connectivity index is 2.34. The zero-order valence-corrected chi connectivity index (χ0v) is 9.01. The van der Waals surface area contributed by atoms with Gasteiger partial charge in [-0.2, -0.15) is 0 Å². The molecule has 1 aliphatic rings. The fraction of sp³-hybridized carbons (Fsp3) is 0.231. The quantitative estimate of drug-likeness (QED) is 0.693. The van der Waals surface area contributed by atoms with Gasteiger partial charge < -0.3 is 0 Å². The van der Waals surface area contributed by atoms with Crippen LogP contribution in [0.1, 0.15) is 19.4 Å². The predicted molar refractivity (Wildman–Crippen MR) is 62.1 cm³/mol. The Kier molecular flexibility index (Phi) is 2.50. The molecule has 0 aliphatic heterocycles. The minimum Gasteiger partial charge on any atom is -0.244 e. The van der Waals surface area contributed by atoms with E-state index < -0.39 is 0 Å². The number of aromatic nitrogens is 2.